The second-order valence-corrected chi connectivity index (χ2v) is 6.42. The molecule has 1 heterocycles. The van der Waals surface area contributed by atoms with Crippen molar-refractivity contribution in [2.24, 2.45) is 0 Å². The van der Waals surface area contributed by atoms with Crippen LogP contribution >= 0.6 is 0 Å². The topological polar surface area (TPSA) is 62.0 Å². The van der Waals surface area contributed by atoms with Gasteiger partial charge >= 0.3 is 0 Å². The molecule has 4 nitrogen and oxygen atoms in total. The van der Waals surface area contributed by atoms with Crippen LogP contribution in [-0.4, -0.2) is 10.9 Å². The fourth-order valence-electron chi connectivity index (χ4n) is 3.06. The van der Waals surface area contributed by atoms with Crippen LogP contribution in [-0.2, 0) is 10.3 Å². The second-order valence-electron chi connectivity index (χ2n) is 6.42. The highest BCUT2D eigenvalue weighted by Gasteiger charge is 2.36. The van der Waals surface area contributed by atoms with Crippen molar-refractivity contribution in [2.45, 2.75) is 25.8 Å². The van der Waals surface area contributed by atoms with Crippen LogP contribution in [0.2, 0.25) is 0 Å². The summed E-state index contributed by atoms with van der Waals surface area (Å²) in [6, 6.07) is 3.21. The molecule has 0 bridgehead atoms. The van der Waals surface area contributed by atoms with E-state index in [0.717, 1.165) is 23.1 Å². The zero-order chi connectivity index (χ0) is 15.5. The molecule has 22 heavy (non-hydrogen) atoms. The van der Waals surface area contributed by atoms with Crippen LogP contribution in [0, 0.1) is 0 Å². The predicted octanol–water partition coefficient (Wildman–Crippen LogP) is 2.23. The van der Waals surface area contributed by atoms with Gasteiger partial charge in [-0.2, -0.15) is 0 Å². The van der Waals surface area contributed by atoms with Gasteiger partial charge in [0, 0.05) is 17.8 Å². The minimum atomic E-state index is -0.562. The smallest absolute Gasteiger partial charge is 0.252 e. The molecule has 3 aliphatic rings. The quantitative estimate of drug-likeness (QED) is 0.897. The highest BCUT2D eigenvalue weighted by atomic mass is 16.2. The van der Waals surface area contributed by atoms with Gasteiger partial charge in [0.25, 0.3) is 5.91 Å². The van der Waals surface area contributed by atoms with Gasteiger partial charge in [-0.05, 0) is 66.3 Å². The molecule has 4 rings (SSSR count). The van der Waals surface area contributed by atoms with E-state index in [0.29, 0.717) is 0 Å². The predicted molar refractivity (Wildman–Crippen MR) is 84.1 cm³/mol. The van der Waals surface area contributed by atoms with E-state index >= 15 is 0 Å². The molecule has 0 aliphatic heterocycles. The lowest BCUT2D eigenvalue weighted by atomic mass is 9.95. The third-order valence-electron chi connectivity index (χ3n) is 4.45. The van der Waals surface area contributed by atoms with E-state index in [1.807, 2.05) is 26.0 Å². The number of carbonyl (C=O) groups excluding carboxylic acids is 1. The number of rotatable bonds is 3. The van der Waals surface area contributed by atoms with Crippen LogP contribution in [0.1, 0.15) is 25.8 Å². The number of hydrogen-bond acceptors (Lipinski definition) is 2. The van der Waals surface area contributed by atoms with Gasteiger partial charge in [0.15, 0.2) is 0 Å². The van der Waals surface area contributed by atoms with Gasteiger partial charge in [0.2, 0.25) is 5.56 Å². The average Bonchev–Trinajstić information content (AvgIpc) is 2.93. The van der Waals surface area contributed by atoms with Crippen LogP contribution in [0.4, 0.5) is 0 Å². The minimum absolute atomic E-state index is 0.0869. The van der Waals surface area contributed by atoms with Gasteiger partial charge in [-0.1, -0.05) is 6.08 Å². The molecule has 110 valence electrons. The average molecular weight is 292 g/mol. The van der Waals surface area contributed by atoms with Gasteiger partial charge in [0.05, 0.1) is 5.54 Å². The van der Waals surface area contributed by atoms with Crippen molar-refractivity contribution >= 4 is 5.91 Å². The first-order valence-corrected chi connectivity index (χ1v) is 7.34. The number of hydrogen-bond donors (Lipinski definition) is 2. The molecule has 0 saturated heterocycles. The first kappa shape index (κ1) is 13.1. The molecule has 3 aliphatic carbocycles. The summed E-state index contributed by atoms with van der Waals surface area (Å²) in [5.41, 5.74) is 5.87. The Hall–Kier alpha value is -2.62. The Labute approximate surface area is 127 Å². The largest absolute Gasteiger partial charge is 0.343 e. The fraction of sp³-hybridized carbons (Fsp3) is 0.222. The summed E-state index contributed by atoms with van der Waals surface area (Å²) in [5, 5.41) is 3.05. The minimum Gasteiger partial charge on any atom is -0.343 e. The maximum absolute atomic E-state index is 12.6. The van der Waals surface area contributed by atoms with Gasteiger partial charge in [-0.25, -0.2) is 0 Å². The second kappa shape index (κ2) is 4.19. The lowest BCUT2D eigenvalue weighted by molar-refractivity contribution is -0.118. The van der Waals surface area contributed by atoms with E-state index in [1.54, 1.807) is 12.3 Å². The molecule has 1 fully saturated rings. The molecule has 0 atom stereocenters. The Balaban J connectivity index is 1.60. The summed E-state index contributed by atoms with van der Waals surface area (Å²) in [6.07, 6.45) is 8.75. The molecule has 0 aromatic carbocycles. The van der Waals surface area contributed by atoms with Crippen LogP contribution < -0.4 is 10.9 Å². The van der Waals surface area contributed by atoms with Gasteiger partial charge in [0.1, 0.15) is 0 Å². The van der Waals surface area contributed by atoms with Crippen molar-refractivity contribution in [2.75, 3.05) is 0 Å². The number of carbonyl (C=O) groups is 1. The molecular weight excluding hydrogens is 276 g/mol. The van der Waals surface area contributed by atoms with Crippen molar-refractivity contribution in [3.05, 3.63) is 80.3 Å². The van der Waals surface area contributed by atoms with Gasteiger partial charge in [-0.3, -0.25) is 9.59 Å². The molecule has 1 amide bonds. The number of amides is 1. The summed E-state index contributed by atoms with van der Waals surface area (Å²) >= 11 is 0. The highest BCUT2D eigenvalue weighted by Crippen LogP contribution is 2.51. The Morgan fingerprint density at radius 2 is 2.05 bits per heavy atom. The maximum atomic E-state index is 12.6. The number of H-pyrrole nitrogens is 1. The SMILES string of the molecule is CC(C)(NC(=O)C1=C2C=C3CC3=C2C=C1)c1ccc(=O)[nH]c1. The molecule has 1 aromatic heterocycles. The lowest BCUT2D eigenvalue weighted by Gasteiger charge is -2.27. The van der Waals surface area contributed by atoms with Crippen LogP contribution in [0.15, 0.2) is 69.2 Å². The summed E-state index contributed by atoms with van der Waals surface area (Å²) in [6.45, 7) is 3.85. The summed E-state index contributed by atoms with van der Waals surface area (Å²) in [4.78, 5) is 26.4. The number of aromatic nitrogens is 1. The number of aromatic amines is 1. The summed E-state index contributed by atoms with van der Waals surface area (Å²) in [7, 11) is 0. The Bertz CT molecular complexity index is 871. The van der Waals surface area contributed by atoms with Gasteiger partial charge in [-0.15, -0.1) is 0 Å². The monoisotopic (exact) mass is 292 g/mol. The third kappa shape index (κ3) is 1.91. The summed E-state index contributed by atoms with van der Waals surface area (Å²) in [5.74, 6) is -0.0869. The van der Waals surface area contributed by atoms with Crippen LogP contribution in [0.5, 0.6) is 0 Å². The van der Waals surface area contributed by atoms with Crippen molar-refractivity contribution in [3.8, 4) is 0 Å². The number of fused-ring (bicyclic) bond motifs is 2. The van der Waals surface area contributed by atoms with E-state index in [4.69, 9.17) is 0 Å². The Morgan fingerprint density at radius 1 is 1.23 bits per heavy atom. The maximum Gasteiger partial charge on any atom is 0.252 e. The molecule has 1 aromatic rings. The standard InChI is InChI=1S/C18H16N2O2/c1-18(2,11-3-6-16(21)19-9-11)20-17(22)13-5-4-12-14-7-10(14)8-15(12)13/h3-6,8-9H,7H2,1-2H3,(H,19,21)(H,20,22). The third-order valence-corrected chi connectivity index (χ3v) is 4.45. The normalized spacial score (nSPS) is 18.4. The molecule has 1 saturated carbocycles. The van der Waals surface area contributed by atoms with E-state index in [1.165, 1.54) is 22.8 Å². The Kier molecular flexibility index (Phi) is 2.49. The fourth-order valence-corrected chi connectivity index (χ4v) is 3.06. The van der Waals surface area contributed by atoms with E-state index < -0.39 is 5.54 Å². The lowest BCUT2D eigenvalue weighted by Crippen LogP contribution is -2.41. The number of nitrogens with one attached hydrogen (secondary N) is 2. The number of pyridine rings is 1. The van der Waals surface area contributed by atoms with E-state index in [2.05, 4.69) is 16.4 Å². The molecule has 4 heteroatoms. The van der Waals surface area contributed by atoms with Crippen LogP contribution in [0.25, 0.3) is 0 Å². The van der Waals surface area contributed by atoms with Crippen LogP contribution in [0.3, 0.4) is 0 Å². The van der Waals surface area contributed by atoms with E-state index in [9.17, 15) is 9.59 Å². The van der Waals surface area contributed by atoms with E-state index in [-0.39, 0.29) is 11.5 Å². The molecule has 0 spiro atoms. The van der Waals surface area contributed by atoms with Crippen molar-refractivity contribution in [1.82, 2.24) is 10.3 Å². The van der Waals surface area contributed by atoms with Crippen molar-refractivity contribution < 1.29 is 4.79 Å². The molecule has 2 N–H and O–H groups in total. The molecule has 0 radical (unpaired) electrons. The number of allylic oxidation sites excluding steroid dienone is 6. The van der Waals surface area contributed by atoms with Gasteiger partial charge < -0.3 is 10.3 Å². The first-order valence-electron chi connectivity index (χ1n) is 7.34. The first-order chi connectivity index (χ1) is 10.5. The Morgan fingerprint density at radius 3 is 2.77 bits per heavy atom. The molecule has 0 unspecified atom stereocenters. The summed E-state index contributed by atoms with van der Waals surface area (Å²) < 4.78 is 0. The van der Waals surface area contributed by atoms with Crippen molar-refractivity contribution in [3.63, 3.8) is 0 Å². The highest BCUT2D eigenvalue weighted by molar-refractivity contribution is 6.02. The molecular formula is C18H16N2O2. The zero-order valence-electron chi connectivity index (χ0n) is 12.5. The zero-order valence-corrected chi connectivity index (χ0v) is 12.5. The van der Waals surface area contributed by atoms with Crippen molar-refractivity contribution in [1.29, 1.82) is 0 Å².